The normalized spacial score (nSPS) is 12.6. The van der Waals surface area contributed by atoms with E-state index in [0.29, 0.717) is 5.92 Å². The number of nitrogens with zero attached hydrogens (tertiary/aromatic N) is 1. The largest absolute Gasteiger partial charge is 0.489 e. The number of hydrogen-bond donors (Lipinski definition) is 1. The average Bonchev–Trinajstić information content (AvgIpc) is 2.16. The summed E-state index contributed by atoms with van der Waals surface area (Å²) in [5, 5.41) is 3.04. The third-order valence-corrected chi connectivity index (χ3v) is 2.14. The van der Waals surface area contributed by atoms with E-state index < -0.39 is 0 Å². The van der Waals surface area contributed by atoms with Gasteiger partial charge in [-0.25, -0.2) is 0 Å². The van der Waals surface area contributed by atoms with Gasteiger partial charge in [-0.05, 0) is 19.3 Å². The van der Waals surface area contributed by atoms with E-state index in [2.05, 4.69) is 31.1 Å². The van der Waals surface area contributed by atoms with Gasteiger partial charge in [-0.2, -0.15) is 0 Å². The van der Waals surface area contributed by atoms with Crippen LogP contribution in [0.4, 0.5) is 5.69 Å². The van der Waals surface area contributed by atoms with Crippen molar-refractivity contribution in [2.24, 2.45) is 5.92 Å². The molecular weight excluding hydrogens is 188 g/mol. The van der Waals surface area contributed by atoms with Crippen molar-refractivity contribution in [3.63, 3.8) is 0 Å². The zero-order valence-corrected chi connectivity index (χ0v) is 9.95. The van der Waals surface area contributed by atoms with Crippen molar-refractivity contribution < 1.29 is 4.74 Å². The van der Waals surface area contributed by atoms with Crippen molar-refractivity contribution in [3.05, 3.63) is 18.5 Å². The molecule has 3 heteroatoms. The van der Waals surface area contributed by atoms with E-state index in [9.17, 15) is 0 Å². The lowest BCUT2D eigenvalue weighted by Gasteiger charge is -2.16. The minimum atomic E-state index is 0.235. The van der Waals surface area contributed by atoms with Crippen molar-refractivity contribution in [3.8, 4) is 5.75 Å². The Morgan fingerprint density at radius 3 is 2.67 bits per heavy atom. The van der Waals surface area contributed by atoms with Crippen LogP contribution in [0.25, 0.3) is 0 Å². The monoisotopic (exact) mass is 208 g/mol. The van der Waals surface area contributed by atoms with Crippen molar-refractivity contribution in [1.82, 2.24) is 4.98 Å². The highest BCUT2D eigenvalue weighted by atomic mass is 16.5. The quantitative estimate of drug-likeness (QED) is 0.807. The second kappa shape index (κ2) is 5.59. The SMILES string of the molecule is CNc1cncc(OC(C)CC(C)C)c1. The summed E-state index contributed by atoms with van der Waals surface area (Å²) in [5.41, 5.74) is 0.976. The number of pyridine rings is 1. The fourth-order valence-corrected chi connectivity index (χ4v) is 1.56. The van der Waals surface area contributed by atoms with Crippen LogP contribution in [0.5, 0.6) is 5.75 Å². The van der Waals surface area contributed by atoms with Crippen LogP contribution in [0, 0.1) is 5.92 Å². The van der Waals surface area contributed by atoms with Crippen LogP contribution in [0.15, 0.2) is 18.5 Å². The molecule has 15 heavy (non-hydrogen) atoms. The minimum absolute atomic E-state index is 0.235. The number of anilines is 1. The van der Waals surface area contributed by atoms with Gasteiger partial charge in [0.2, 0.25) is 0 Å². The molecule has 0 aliphatic heterocycles. The van der Waals surface area contributed by atoms with E-state index in [1.807, 2.05) is 13.1 Å². The lowest BCUT2D eigenvalue weighted by molar-refractivity contribution is 0.192. The van der Waals surface area contributed by atoms with Crippen LogP contribution in [-0.4, -0.2) is 18.1 Å². The first kappa shape index (κ1) is 11.8. The van der Waals surface area contributed by atoms with Gasteiger partial charge in [0.25, 0.3) is 0 Å². The molecule has 84 valence electrons. The van der Waals surface area contributed by atoms with Crippen LogP contribution >= 0.6 is 0 Å². The molecule has 0 aliphatic carbocycles. The number of nitrogens with one attached hydrogen (secondary N) is 1. The summed E-state index contributed by atoms with van der Waals surface area (Å²) < 4.78 is 5.77. The molecule has 1 N–H and O–H groups in total. The second-order valence-electron chi connectivity index (χ2n) is 4.22. The highest BCUT2D eigenvalue weighted by Crippen LogP contribution is 2.18. The molecular formula is C12H20N2O. The molecule has 0 aliphatic rings. The van der Waals surface area contributed by atoms with E-state index in [1.165, 1.54) is 0 Å². The zero-order valence-electron chi connectivity index (χ0n) is 9.95. The van der Waals surface area contributed by atoms with Gasteiger partial charge in [0, 0.05) is 13.1 Å². The van der Waals surface area contributed by atoms with Crippen molar-refractivity contribution >= 4 is 5.69 Å². The predicted molar refractivity (Wildman–Crippen MR) is 63.3 cm³/mol. The Hall–Kier alpha value is -1.25. The van der Waals surface area contributed by atoms with Crippen LogP contribution in [-0.2, 0) is 0 Å². The van der Waals surface area contributed by atoms with E-state index in [-0.39, 0.29) is 6.10 Å². The zero-order chi connectivity index (χ0) is 11.3. The van der Waals surface area contributed by atoms with Gasteiger partial charge in [-0.15, -0.1) is 0 Å². The summed E-state index contributed by atoms with van der Waals surface area (Å²) in [6.45, 7) is 6.48. The number of rotatable bonds is 5. The summed E-state index contributed by atoms with van der Waals surface area (Å²) in [6, 6.07) is 1.96. The third-order valence-electron chi connectivity index (χ3n) is 2.14. The van der Waals surface area contributed by atoms with Crippen molar-refractivity contribution in [1.29, 1.82) is 0 Å². The molecule has 1 heterocycles. The Kier molecular flexibility index (Phi) is 4.40. The van der Waals surface area contributed by atoms with E-state index in [4.69, 9.17) is 4.74 Å². The van der Waals surface area contributed by atoms with Crippen LogP contribution < -0.4 is 10.1 Å². The Labute approximate surface area is 91.9 Å². The first-order chi connectivity index (χ1) is 7.11. The average molecular weight is 208 g/mol. The molecule has 0 amide bonds. The molecule has 0 bridgehead atoms. The summed E-state index contributed by atoms with van der Waals surface area (Å²) in [4.78, 5) is 4.10. The second-order valence-corrected chi connectivity index (χ2v) is 4.22. The molecule has 0 aromatic carbocycles. The fraction of sp³-hybridized carbons (Fsp3) is 0.583. The molecule has 0 fully saturated rings. The first-order valence-corrected chi connectivity index (χ1v) is 5.41. The van der Waals surface area contributed by atoms with Gasteiger partial charge in [0.1, 0.15) is 5.75 Å². The Morgan fingerprint density at radius 2 is 2.07 bits per heavy atom. The summed E-state index contributed by atoms with van der Waals surface area (Å²) >= 11 is 0. The molecule has 0 spiro atoms. The molecule has 1 rings (SSSR count). The maximum absolute atomic E-state index is 5.77. The fourth-order valence-electron chi connectivity index (χ4n) is 1.56. The highest BCUT2D eigenvalue weighted by molar-refractivity contribution is 5.44. The third kappa shape index (κ3) is 4.19. The Morgan fingerprint density at radius 1 is 1.33 bits per heavy atom. The predicted octanol–water partition coefficient (Wildman–Crippen LogP) is 2.94. The molecule has 1 aromatic heterocycles. The van der Waals surface area contributed by atoms with Gasteiger partial charge in [-0.1, -0.05) is 13.8 Å². The molecule has 3 nitrogen and oxygen atoms in total. The van der Waals surface area contributed by atoms with Gasteiger partial charge in [-0.3, -0.25) is 4.98 Å². The van der Waals surface area contributed by atoms with Gasteiger partial charge in [0.15, 0.2) is 0 Å². The van der Waals surface area contributed by atoms with Crippen LogP contribution in [0.3, 0.4) is 0 Å². The maximum Gasteiger partial charge on any atom is 0.140 e. The number of aromatic nitrogens is 1. The summed E-state index contributed by atoms with van der Waals surface area (Å²) in [6.07, 6.45) is 4.82. The molecule has 1 aromatic rings. The van der Waals surface area contributed by atoms with Crippen LogP contribution in [0.2, 0.25) is 0 Å². The summed E-state index contributed by atoms with van der Waals surface area (Å²) in [7, 11) is 1.87. The van der Waals surface area contributed by atoms with Gasteiger partial charge < -0.3 is 10.1 Å². The van der Waals surface area contributed by atoms with E-state index in [0.717, 1.165) is 17.9 Å². The van der Waals surface area contributed by atoms with Gasteiger partial charge >= 0.3 is 0 Å². The van der Waals surface area contributed by atoms with Crippen LogP contribution in [0.1, 0.15) is 27.2 Å². The van der Waals surface area contributed by atoms with Crippen molar-refractivity contribution in [2.45, 2.75) is 33.3 Å². The Balaban J connectivity index is 2.55. The molecule has 1 atom stereocenters. The van der Waals surface area contributed by atoms with Crippen molar-refractivity contribution in [2.75, 3.05) is 12.4 Å². The first-order valence-electron chi connectivity index (χ1n) is 5.41. The summed E-state index contributed by atoms with van der Waals surface area (Å²) in [5.74, 6) is 1.48. The smallest absolute Gasteiger partial charge is 0.140 e. The molecule has 1 unspecified atom stereocenters. The van der Waals surface area contributed by atoms with Gasteiger partial charge in [0.05, 0.1) is 24.2 Å². The standard InChI is InChI=1S/C12H20N2O/c1-9(2)5-10(3)15-12-6-11(13-4)7-14-8-12/h6-10,13H,5H2,1-4H3. The van der Waals surface area contributed by atoms with E-state index in [1.54, 1.807) is 12.4 Å². The molecule has 0 saturated carbocycles. The molecule has 0 radical (unpaired) electrons. The highest BCUT2D eigenvalue weighted by Gasteiger charge is 2.07. The Bertz CT molecular complexity index is 299. The van der Waals surface area contributed by atoms with E-state index >= 15 is 0 Å². The minimum Gasteiger partial charge on any atom is -0.489 e. The lowest BCUT2D eigenvalue weighted by atomic mass is 10.1. The lowest BCUT2D eigenvalue weighted by Crippen LogP contribution is -2.14. The topological polar surface area (TPSA) is 34.2 Å². The number of ether oxygens (including phenoxy) is 1. The number of hydrogen-bond acceptors (Lipinski definition) is 3. The maximum atomic E-state index is 5.77. The molecule has 0 saturated heterocycles.